The van der Waals surface area contributed by atoms with Crippen molar-refractivity contribution in [1.82, 2.24) is 15.0 Å². The number of fused-ring (bicyclic) bond motifs is 1. The Morgan fingerprint density at radius 2 is 2.29 bits per heavy atom. The molecule has 0 aliphatic heterocycles. The largest absolute Gasteiger partial charge is 0.235 e. The van der Waals surface area contributed by atoms with Crippen LogP contribution in [-0.4, -0.2) is 20.7 Å². The molecule has 72 valence electrons. The van der Waals surface area contributed by atoms with Crippen molar-refractivity contribution in [3.8, 4) is 0 Å². The summed E-state index contributed by atoms with van der Waals surface area (Å²) in [4.78, 5) is 0. The van der Waals surface area contributed by atoms with Crippen LogP contribution in [0.4, 0.5) is 0 Å². The van der Waals surface area contributed by atoms with Crippen molar-refractivity contribution in [2.45, 2.75) is 5.88 Å². The molecule has 14 heavy (non-hydrogen) atoms. The summed E-state index contributed by atoms with van der Waals surface area (Å²) >= 11 is 1.77. The average Bonchev–Trinajstić information content (AvgIpc) is 2.63. The summed E-state index contributed by atoms with van der Waals surface area (Å²) in [6.07, 6.45) is 1.89. The van der Waals surface area contributed by atoms with Gasteiger partial charge < -0.3 is 0 Å². The highest BCUT2D eigenvalue weighted by molar-refractivity contribution is 7.98. The minimum atomic E-state index is 0.826. The van der Waals surface area contributed by atoms with Gasteiger partial charge in [-0.15, -0.1) is 23.4 Å². The molecule has 0 spiro atoms. The van der Waals surface area contributed by atoms with Crippen molar-refractivity contribution in [1.29, 1.82) is 0 Å². The SMILES string of the molecule is C=CCSCn1nnc2ccccc21. The monoisotopic (exact) mass is 205 g/mol. The van der Waals surface area contributed by atoms with Gasteiger partial charge in [0.25, 0.3) is 0 Å². The maximum absolute atomic E-state index is 4.08. The van der Waals surface area contributed by atoms with E-state index >= 15 is 0 Å². The topological polar surface area (TPSA) is 30.7 Å². The second-order valence-electron chi connectivity index (χ2n) is 2.87. The molecule has 0 amide bonds. The van der Waals surface area contributed by atoms with Gasteiger partial charge in [-0.25, -0.2) is 4.68 Å². The molecule has 1 heterocycles. The van der Waals surface area contributed by atoms with Gasteiger partial charge >= 0.3 is 0 Å². The molecule has 0 N–H and O–H groups in total. The molecule has 0 radical (unpaired) electrons. The summed E-state index contributed by atoms with van der Waals surface area (Å²) < 4.78 is 1.91. The summed E-state index contributed by atoms with van der Waals surface area (Å²) in [6.45, 7) is 3.68. The number of hydrogen-bond donors (Lipinski definition) is 0. The second kappa shape index (κ2) is 4.28. The van der Waals surface area contributed by atoms with Crippen molar-refractivity contribution in [2.75, 3.05) is 5.75 Å². The first-order valence-corrected chi connectivity index (χ1v) is 5.54. The normalized spacial score (nSPS) is 10.6. The fourth-order valence-electron chi connectivity index (χ4n) is 1.24. The van der Waals surface area contributed by atoms with Crippen LogP contribution in [0.1, 0.15) is 0 Å². The zero-order valence-corrected chi connectivity index (χ0v) is 8.57. The Balaban J connectivity index is 2.20. The highest BCUT2D eigenvalue weighted by Gasteiger charge is 2.01. The molecule has 0 atom stereocenters. The summed E-state index contributed by atoms with van der Waals surface area (Å²) in [5.74, 6) is 1.76. The fraction of sp³-hybridized carbons (Fsp3) is 0.200. The van der Waals surface area contributed by atoms with Gasteiger partial charge in [0.05, 0.1) is 11.4 Å². The van der Waals surface area contributed by atoms with Crippen LogP contribution in [0.25, 0.3) is 11.0 Å². The molecular weight excluding hydrogens is 194 g/mol. The predicted octanol–water partition coefficient (Wildman–Crippen LogP) is 2.31. The lowest BCUT2D eigenvalue weighted by Gasteiger charge is -1.99. The van der Waals surface area contributed by atoms with Crippen LogP contribution in [0.5, 0.6) is 0 Å². The number of benzene rings is 1. The smallest absolute Gasteiger partial charge is 0.113 e. The van der Waals surface area contributed by atoms with Crippen molar-refractivity contribution in [3.63, 3.8) is 0 Å². The van der Waals surface area contributed by atoms with Gasteiger partial charge in [-0.2, -0.15) is 0 Å². The first-order valence-electron chi connectivity index (χ1n) is 4.38. The number of para-hydroxylation sites is 1. The third-order valence-electron chi connectivity index (χ3n) is 1.87. The minimum absolute atomic E-state index is 0.826. The highest BCUT2D eigenvalue weighted by Crippen LogP contribution is 2.13. The molecule has 1 aromatic carbocycles. The first kappa shape index (κ1) is 9.27. The Hall–Kier alpha value is -1.29. The molecule has 1 aromatic heterocycles. The Labute approximate surface area is 86.8 Å². The lowest BCUT2D eigenvalue weighted by Crippen LogP contribution is -1.96. The third kappa shape index (κ3) is 1.80. The number of thioether (sulfide) groups is 1. The van der Waals surface area contributed by atoms with E-state index in [0.29, 0.717) is 0 Å². The van der Waals surface area contributed by atoms with Crippen molar-refractivity contribution < 1.29 is 0 Å². The highest BCUT2D eigenvalue weighted by atomic mass is 32.2. The van der Waals surface area contributed by atoms with E-state index in [9.17, 15) is 0 Å². The van der Waals surface area contributed by atoms with E-state index in [2.05, 4.69) is 16.9 Å². The lowest BCUT2D eigenvalue weighted by molar-refractivity contribution is 0.723. The van der Waals surface area contributed by atoms with Gasteiger partial charge in [0.15, 0.2) is 0 Å². The molecule has 0 saturated heterocycles. The predicted molar refractivity (Wildman–Crippen MR) is 60.2 cm³/mol. The molecule has 0 unspecified atom stereocenters. The van der Waals surface area contributed by atoms with Gasteiger partial charge in [0.1, 0.15) is 5.52 Å². The van der Waals surface area contributed by atoms with Gasteiger partial charge in [-0.1, -0.05) is 23.4 Å². The van der Waals surface area contributed by atoms with Crippen LogP contribution in [0.2, 0.25) is 0 Å². The van der Waals surface area contributed by atoms with Gasteiger partial charge in [-0.05, 0) is 12.1 Å². The first-order chi connectivity index (χ1) is 6.92. The Morgan fingerprint density at radius 3 is 3.14 bits per heavy atom. The Kier molecular flexibility index (Phi) is 2.84. The lowest BCUT2D eigenvalue weighted by atomic mass is 10.3. The van der Waals surface area contributed by atoms with E-state index in [-0.39, 0.29) is 0 Å². The summed E-state index contributed by atoms with van der Waals surface area (Å²) in [5.41, 5.74) is 2.04. The molecule has 2 rings (SSSR count). The van der Waals surface area contributed by atoms with E-state index in [4.69, 9.17) is 0 Å². The van der Waals surface area contributed by atoms with E-state index in [1.54, 1.807) is 11.8 Å². The molecule has 0 aliphatic carbocycles. The molecule has 3 nitrogen and oxygen atoms in total. The second-order valence-corrected chi connectivity index (χ2v) is 3.87. The van der Waals surface area contributed by atoms with Crippen molar-refractivity contribution >= 4 is 22.8 Å². The van der Waals surface area contributed by atoms with E-state index < -0.39 is 0 Å². The quantitative estimate of drug-likeness (QED) is 0.567. The summed E-state index contributed by atoms with van der Waals surface area (Å²) in [6, 6.07) is 7.97. The minimum Gasteiger partial charge on any atom is -0.235 e. The van der Waals surface area contributed by atoms with Crippen LogP contribution < -0.4 is 0 Å². The van der Waals surface area contributed by atoms with Crippen molar-refractivity contribution in [2.24, 2.45) is 0 Å². The molecule has 0 aliphatic rings. The van der Waals surface area contributed by atoms with Gasteiger partial charge in [0, 0.05) is 5.75 Å². The van der Waals surface area contributed by atoms with Crippen LogP contribution >= 0.6 is 11.8 Å². The average molecular weight is 205 g/mol. The van der Waals surface area contributed by atoms with Crippen molar-refractivity contribution in [3.05, 3.63) is 36.9 Å². The maximum Gasteiger partial charge on any atom is 0.113 e. The van der Waals surface area contributed by atoms with Gasteiger partial charge in [0.2, 0.25) is 0 Å². The number of hydrogen-bond acceptors (Lipinski definition) is 3. The molecule has 0 bridgehead atoms. The number of aromatic nitrogens is 3. The molecule has 0 fully saturated rings. The number of nitrogens with zero attached hydrogens (tertiary/aromatic N) is 3. The zero-order chi connectivity index (χ0) is 9.80. The molecular formula is C10H11N3S. The molecule has 2 aromatic rings. The zero-order valence-electron chi connectivity index (χ0n) is 7.76. The maximum atomic E-state index is 4.08. The molecule has 0 saturated carbocycles. The Morgan fingerprint density at radius 1 is 1.43 bits per heavy atom. The van der Waals surface area contributed by atoms with E-state index in [1.165, 1.54) is 0 Å². The van der Waals surface area contributed by atoms with E-state index in [0.717, 1.165) is 22.7 Å². The summed E-state index contributed by atoms with van der Waals surface area (Å²) in [7, 11) is 0. The van der Waals surface area contributed by atoms with Crippen LogP contribution in [0.15, 0.2) is 36.9 Å². The van der Waals surface area contributed by atoms with E-state index in [1.807, 2.05) is 35.0 Å². The van der Waals surface area contributed by atoms with Crippen LogP contribution in [0.3, 0.4) is 0 Å². The summed E-state index contributed by atoms with van der Waals surface area (Å²) in [5, 5.41) is 8.15. The van der Waals surface area contributed by atoms with Crippen LogP contribution in [-0.2, 0) is 5.88 Å². The Bertz CT molecular complexity index is 436. The third-order valence-corrected chi connectivity index (χ3v) is 2.77. The van der Waals surface area contributed by atoms with Crippen LogP contribution in [0, 0.1) is 0 Å². The number of rotatable bonds is 4. The molecule has 4 heteroatoms. The van der Waals surface area contributed by atoms with Gasteiger partial charge in [-0.3, -0.25) is 0 Å². The fourth-order valence-corrected chi connectivity index (χ4v) is 1.87. The standard InChI is InChI=1S/C10H11N3S/c1-2-7-14-8-13-10-6-4-3-5-9(10)11-12-13/h2-6H,1,7-8H2.